The third-order valence-corrected chi connectivity index (χ3v) is 12.3. The van der Waals surface area contributed by atoms with E-state index in [1.165, 1.54) is 66.7 Å². The Balaban J connectivity index is 1.10. The topological polar surface area (TPSA) is 97.4 Å². The minimum absolute atomic E-state index is 0.00609. The minimum atomic E-state index is -6.95. The average molecular weight is 1100 g/mol. The molecule has 5 rings (SSSR count). The van der Waals surface area contributed by atoms with Crippen LogP contribution in [0.1, 0.15) is 103 Å². The summed E-state index contributed by atoms with van der Waals surface area (Å²) in [6.07, 6.45) is -14.0. The minimum Gasteiger partial charge on any atom is -0.494 e. The molecular weight excluding hydrogens is 1060 g/mol. The SMILES string of the molecule is O=C(Oc1ccc(OC(=O)c2ccc(OCCCCCCC(F)(F)C(F)(F)C(F)(F)C(F)(F)F)cc2)c(COC(=O)C2CC3C=CC2C3)c1)c1ccc(OCCCCCCC(F)(F)C(F)(F)C(F)(F)C(F)(F)F)cc1. The van der Waals surface area contributed by atoms with Crippen LogP contribution in [0.15, 0.2) is 78.9 Å². The first-order valence-corrected chi connectivity index (χ1v) is 23.0. The van der Waals surface area contributed by atoms with Gasteiger partial charge < -0.3 is 23.7 Å². The number of benzene rings is 3. The zero-order valence-corrected chi connectivity index (χ0v) is 38.9. The van der Waals surface area contributed by atoms with E-state index in [1.54, 1.807) is 0 Å². The van der Waals surface area contributed by atoms with E-state index in [2.05, 4.69) is 0 Å². The Kier molecular flexibility index (Phi) is 18.9. The molecule has 75 heavy (non-hydrogen) atoms. The maximum Gasteiger partial charge on any atom is 0.460 e. The number of hydrogen-bond acceptors (Lipinski definition) is 8. The number of carbonyl (C=O) groups is 3. The summed E-state index contributed by atoms with van der Waals surface area (Å²) in [5.41, 5.74) is 0.105. The van der Waals surface area contributed by atoms with Gasteiger partial charge in [0.1, 0.15) is 29.6 Å². The Morgan fingerprint density at radius 3 is 1.31 bits per heavy atom. The van der Waals surface area contributed by atoms with Crippen LogP contribution in [0, 0.1) is 17.8 Å². The van der Waals surface area contributed by atoms with Gasteiger partial charge in [0.25, 0.3) is 0 Å². The molecule has 0 heterocycles. The summed E-state index contributed by atoms with van der Waals surface area (Å²) in [7, 11) is 0. The van der Waals surface area contributed by atoms with Gasteiger partial charge in [-0.05, 0) is 117 Å². The third-order valence-electron chi connectivity index (χ3n) is 12.3. The fourth-order valence-corrected chi connectivity index (χ4v) is 7.95. The summed E-state index contributed by atoms with van der Waals surface area (Å²) in [6.45, 7) is -0.557. The largest absolute Gasteiger partial charge is 0.494 e. The lowest BCUT2D eigenvalue weighted by molar-refractivity contribution is -0.396. The standard InChI is InChI=1S/C49H46F18O8/c50-42(51,44(54,55)46(58,59)48(62,63)64)21-5-1-3-7-23-71-34-15-11-30(12-16-34)39(68)74-36-19-20-38(33(27-36)28-73-41(70)37-26-29-9-10-32(37)25-29)75-40(69)31-13-17-35(18-14-31)72-24-8-4-2-6-22-43(52,53)45(56,57)47(60,61)49(65,66)67/h9-20,27,29,32,37H,1-8,21-26,28H2. The van der Waals surface area contributed by atoms with Gasteiger partial charge in [-0.25, -0.2) is 9.59 Å². The first kappa shape index (κ1) is 60.0. The van der Waals surface area contributed by atoms with Crippen molar-refractivity contribution in [2.24, 2.45) is 17.8 Å². The van der Waals surface area contributed by atoms with Gasteiger partial charge in [-0.3, -0.25) is 4.79 Å². The molecule has 416 valence electrons. The van der Waals surface area contributed by atoms with Crippen LogP contribution in [0.3, 0.4) is 0 Å². The molecule has 26 heteroatoms. The van der Waals surface area contributed by atoms with Crippen LogP contribution in [0.5, 0.6) is 23.0 Å². The molecule has 3 aromatic carbocycles. The van der Waals surface area contributed by atoms with Crippen LogP contribution in [0.4, 0.5) is 79.0 Å². The van der Waals surface area contributed by atoms with Crippen LogP contribution >= 0.6 is 0 Å². The van der Waals surface area contributed by atoms with Crippen molar-refractivity contribution in [1.29, 1.82) is 0 Å². The van der Waals surface area contributed by atoms with Gasteiger partial charge in [0.05, 0.1) is 30.3 Å². The fourth-order valence-electron chi connectivity index (χ4n) is 7.95. The molecule has 0 amide bonds. The van der Waals surface area contributed by atoms with Crippen molar-refractivity contribution >= 4 is 17.9 Å². The van der Waals surface area contributed by atoms with Gasteiger partial charge in [-0.1, -0.05) is 37.8 Å². The Labute approximate surface area is 415 Å². The number of carbonyl (C=O) groups excluding carboxylic acids is 3. The van der Waals surface area contributed by atoms with Crippen molar-refractivity contribution in [2.75, 3.05) is 13.2 Å². The number of allylic oxidation sites excluding steroid dienone is 2. The van der Waals surface area contributed by atoms with Crippen molar-refractivity contribution in [3.05, 3.63) is 95.6 Å². The molecule has 0 saturated heterocycles. The molecule has 0 aliphatic heterocycles. The Morgan fingerprint density at radius 1 is 0.467 bits per heavy atom. The number of unbranched alkanes of at least 4 members (excludes halogenated alkanes) is 6. The zero-order chi connectivity index (χ0) is 55.8. The van der Waals surface area contributed by atoms with Crippen LogP contribution in [0.2, 0.25) is 0 Å². The number of fused-ring (bicyclic) bond motifs is 2. The van der Waals surface area contributed by atoms with Gasteiger partial charge in [0.15, 0.2) is 0 Å². The van der Waals surface area contributed by atoms with Gasteiger partial charge in [-0.15, -0.1) is 0 Å². The van der Waals surface area contributed by atoms with Crippen molar-refractivity contribution < 1.29 is 117 Å². The van der Waals surface area contributed by atoms with Crippen LogP contribution in [-0.4, -0.2) is 79.0 Å². The quantitative estimate of drug-likeness (QED) is 0.0245. The molecule has 0 spiro atoms. The maximum absolute atomic E-state index is 13.8. The van der Waals surface area contributed by atoms with E-state index in [0.717, 1.165) is 6.42 Å². The highest BCUT2D eigenvalue weighted by Gasteiger charge is 2.82. The molecule has 0 radical (unpaired) electrons. The van der Waals surface area contributed by atoms with E-state index >= 15 is 0 Å². The predicted octanol–water partition coefficient (Wildman–Crippen LogP) is 15.0. The van der Waals surface area contributed by atoms with E-state index in [0.29, 0.717) is 6.42 Å². The lowest BCUT2D eigenvalue weighted by atomic mass is 9.94. The zero-order valence-electron chi connectivity index (χ0n) is 38.9. The second-order valence-corrected chi connectivity index (χ2v) is 17.8. The highest BCUT2D eigenvalue weighted by molar-refractivity contribution is 5.92. The number of esters is 3. The highest BCUT2D eigenvalue weighted by atomic mass is 19.4. The van der Waals surface area contributed by atoms with Crippen LogP contribution < -0.4 is 18.9 Å². The molecular formula is C49H46F18O8. The summed E-state index contributed by atoms with van der Waals surface area (Å²) in [5.74, 6) is -40.8. The molecule has 0 N–H and O–H groups in total. The van der Waals surface area contributed by atoms with Gasteiger partial charge in [0.2, 0.25) is 0 Å². The molecule has 1 fully saturated rings. The van der Waals surface area contributed by atoms with Gasteiger partial charge in [0, 0.05) is 18.4 Å². The maximum atomic E-state index is 13.8. The Morgan fingerprint density at radius 2 is 0.893 bits per heavy atom. The normalized spacial score (nSPS) is 17.5. The summed E-state index contributed by atoms with van der Waals surface area (Å²) in [4.78, 5) is 39.5. The second-order valence-electron chi connectivity index (χ2n) is 17.8. The number of ether oxygens (including phenoxy) is 5. The van der Waals surface area contributed by atoms with E-state index in [1.807, 2.05) is 12.2 Å². The van der Waals surface area contributed by atoms with Crippen molar-refractivity contribution in [3.63, 3.8) is 0 Å². The smallest absolute Gasteiger partial charge is 0.460 e. The lowest BCUT2D eigenvalue weighted by Gasteiger charge is -2.33. The summed E-state index contributed by atoms with van der Waals surface area (Å²) < 4.78 is 263. The number of rotatable bonds is 27. The van der Waals surface area contributed by atoms with E-state index < -0.39 is 104 Å². The van der Waals surface area contributed by atoms with E-state index in [-0.39, 0.29) is 103 Å². The monoisotopic (exact) mass is 1100 g/mol. The highest BCUT2D eigenvalue weighted by Crippen LogP contribution is 2.56. The van der Waals surface area contributed by atoms with Gasteiger partial charge in [-0.2, -0.15) is 79.0 Å². The molecule has 3 unspecified atom stereocenters. The molecule has 2 aliphatic rings. The molecule has 1 saturated carbocycles. The summed E-state index contributed by atoms with van der Waals surface area (Å²) in [5, 5.41) is 0. The number of hydrogen-bond donors (Lipinski definition) is 0. The first-order valence-electron chi connectivity index (χ1n) is 23.0. The molecule has 3 atom stereocenters. The second kappa shape index (κ2) is 23.6. The molecule has 0 aromatic heterocycles. The molecule has 2 aliphatic carbocycles. The number of alkyl halides is 18. The van der Waals surface area contributed by atoms with E-state index in [4.69, 9.17) is 23.7 Å². The summed E-state index contributed by atoms with van der Waals surface area (Å²) in [6, 6.07) is 14.5. The van der Waals surface area contributed by atoms with Crippen molar-refractivity contribution in [2.45, 2.75) is 132 Å². The van der Waals surface area contributed by atoms with Crippen LogP contribution in [0.25, 0.3) is 0 Å². The van der Waals surface area contributed by atoms with Gasteiger partial charge >= 0.3 is 65.8 Å². The number of halogens is 18. The molecule has 8 nitrogen and oxygen atoms in total. The molecule has 2 bridgehead atoms. The van der Waals surface area contributed by atoms with Crippen LogP contribution in [-0.2, 0) is 16.1 Å². The van der Waals surface area contributed by atoms with Crippen molar-refractivity contribution in [3.8, 4) is 23.0 Å². The fraction of sp³-hybridized carbons (Fsp3) is 0.531. The Hall–Kier alpha value is -5.85. The van der Waals surface area contributed by atoms with Crippen molar-refractivity contribution in [1.82, 2.24) is 0 Å². The molecule has 3 aromatic rings. The summed E-state index contributed by atoms with van der Waals surface area (Å²) >= 11 is 0. The average Bonchev–Trinajstić information content (AvgIpc) is 3.97. The third kappa shape index (κ3) is 14.2. The van der Waals surface area contributed by atoms with E-state index in [9.17, 15) is 93.4 Å². The first-order chi connectivity index (χ1) is 34.7. The lowest BCUT2D eigenvalue weighted by Crippen LogP contribution is -2.60. The predicted molar refractivity (Wildman–Crippen MR) is 227 cm³/mol. The Bertz CT molecular complexity index is 2440.